The maximum absolute atomic E-state index is 13.0. The molecule has 90 valence electrons. The Balaban J connectivity index is 2.07. The van der Waals surface area contributed by atoms with Gasteiger partial charge < -0.3 is 9.73 Å². The van der Waals surface area contributed by atoms with Crippen molar-refractivity contribution in [1.29, 1.82) is 0 Å². The smallest absolute Gasteiger partial charge is 0.226 e. The van der Waals surface area contributed by atoms with Crippen molar-refractivity contribution < 1.29 is 8.81 Å². The van der Waals surface area contributed by atoms with Gasteiger partial charge in [0.05, 0.1) is 5.69 Å². The number of rotatable bonds is 5. The van der Waals surface area contributed by atoms with E-state index in [9.17, 15) is 4.39 Å². The standard InChI is InChI=1S/C13H15FN2O/c1-2-6-15-8-12-9-17-13(16-12)10-4-3-5-11(14)7-10/h3-5,7,9,15H,2,6,8H2,1H3. The minimum Gasteiger partial charge on any atom is -0.444 e. The van der Waals surface area contributed by atoms with Gasteiger partial charge in [-0.15, -0.1) is 0 Å². The van der Waals surface area contributed by atoms with Crippen LogP contribution < -0.4 is 5.32 Å². The first kappa shape index (κ1) is 11.8. The molecule has 2 aromatic rings. The number of aromatic nitrogens is 1. The van der Waals surface area contributed by atoms with Crippen LogP contribution in [0.15, 0.2) is 34.9 Å². The Morgan fingerprint density at radius 1 is 1.41 bits per heavy atom. The molecule has 17 heavy (non-hydrogen) atoms. The van der Waals surface area contributed by atoms with Crippen LogP contribution in [0.25, 0.3) is 11.5 Å². The van der Waals surface area contributed by atoms with Crippen LogP contribution in [-0.2, 0) is 6.54 Å². The van der Waals surface area contributed by atoms with Crippen molar-refractivity contribution in [3.63, 3.8) is 0 Å². The van der Waals surface area contributed by atoms with Gasteiger partial charge >= 0.3 is 0 Å². The first-order valence-corrected chi connectivity index (χ1v) is 5.70. The minimum absolute atomic E-state index is 0.286. The highest BCUT2D eigenvalue weighted by atomic mass is 19.1. The molecule has 1 aromatic heterocycles. The van der Waals surface area contributed by atoms with Crippen molar-refractivity contribution in [3.8, 4) is 11.5 Å². The number of nitrogens with zero attached hydrogens (tertiary/aromatic N) is 1. The Bertz CT molecular complexity index is 482. The molecule has 0 spiro atoms. The molecule has 1 aromatic carbocycles. The highest BCUT2D eigenvalue weighted by Gasteiger charge is 2.06. The molecule has 0 fully saturated rings. The molecule has 1 N–H and O–H groups in total. The second kappa shape index (κ2) is 5.59. The fraction of sp³-hybridized carbons (Fsp3) is 0.308. The number of oxazole rings is 1. The van der Waals surface area contributed by atoms with E-state index >= 15 is 0 Å². The van der Waals surface area contributed by atoms with E-state index in [1.165, 1.54) is 12.1 Å². The summed E-state index contributed by atoms with van der Waals surface area (Å²) in [5.74, 6) is 0.171. The molecule has 0 atom stereocenters. The van der Waals surface area contributed by atoms with E-state index < -0.39 is 0 Å². The summed E-state index contributed by atoms with van der Waals surface area (Å²) in [4.78, 5) is 4.30. The lowest BCUT2D eigenvalue weighted by Gasteiger charge is -1.97. The van der Waals surface area contributed by atoms with Crippen LogP contribution in [0.1, 0.15) is 19.0 Å². The van der Waals surface area contributed by atoms with Crippen LogP contribution in [0, 0.1) is 5.82 Å². The molecule has 4 heteroatoms. The van der Waals surface area contributed by atoms with Gasteiger partial charge in [-0.2, -0.15) is 0 Å². The molecule has 0 aliphatic heterocycles. The molecule has 0 aliphatic rings. The number of nitrogens with one attached hydrogen (secondary N) is 1. The lowest BCUT2D eigenvalue weighted by atomic mass is 10.2. The molecule has 3 nitrogen and oxygen atoms in total. The normalized spacial score (nSPS) is 10.7. The summed E-state index contributed by atoms with van der Waals surface area (Å²) in [6.45, 7) is 3.72. The lowest BCUT2D eigenvalue weighted by molar-refractivity contribution is 0.568. The fourth-order valence-corrected chi connectivity index (χ4v) is 1.54. The third kappa shape index (κ3) is 3.14. The average Bonchev–Trinajstić information content (AvgIpc) is 2.78. The van der Waals surface area contributed by atoms with Gasteiger partial charge in [-0.1, -0.05) is 13.0 Å². The predicted octanol–water partition coefficient (Wildman–Crippen LogP) is 2.98. The first-order valence-electron chi connectivity index (χ1n) is 5.70. The van der Waals surface area contributed by atoms with Crippen molar-refractivity contribution in [2.24, 2.45) is 0 Å². The van der Waals surface area contributed by atoms with E-state index in [1.807, 2.05) is 0 Å². The number of benzene rings is 1. The van der Waals surface area contributed by atoms with E-state index in [-0.39, 0.29) is 5.82 Å². The molecule has 0 radical (unpaired) electrons. The van der Waals surface area contributed by atoms with Crippen LogP contribution in [0.5, 0.6) is 0 Å². The second-order valence-corrected chi connectivity index (χ2v) is 3.83. The molecular formula is C13H15FN2O. The summed E-state index contributed by atoms with van der Waals surface area (Å²) in [6, 6.07) is 6.23. The van der Waals surface area contributed by atoms with Crippen LogP contribution in [-0.4, -0.2) is 11.5 Å². The van der Waals surface area contributed by atoms with Crippen LogP contribution in [0.4, 0.5) is 4.39 Å². The average molecular weight is 234 g/mol. The Morgan fingerprint density at radius 2 is 2.29 bits per heavy atom. The largest absolute Gasteiger partial charge is 0.444 e. The van der Waals surface area contributed by atoms with Gasteiger partial charge in [-0.25, -0.2) is 9.37 Å². The molecule has 0 bridgehead atoms. The minimum atomic E-state index is -0.286. The van der Waals surface area contributed by atoms with Crippen molar-refractivity contribution >= 4 is 0 Å². The zero-order valence-electron chi connectivity index (χ0n) is 9.74. The summed E-state index contributed by atoms with van der Waals surface area (Å²) in [6.07, 6.45) is 2.68. The van der Waals surface area contributed by atoms with Crippen molar-refractivity contribution in [2.75, 3.05) is 6.54 Å². The number of hydrogen-bond donors (Lipinski definition) is 1. The summed E-state index contributed by atoms with van der Waals surface area (Å²) in [7, 11) is 0. The Morgan fingerprint density at radius 3 is 3.06 bits per heavy atom. The maximum atomic E-state index is 13.0. The summed E-state index contributed by atoms with van der Waals surface area (Å²) >= 11 is 0. The summed E-state index contributed by atoms with van der Waals surface area (Å²) in [5, 5.41) is 3.23. The van der Waals surface area contributed by atoms with Crippen LogP contribution in [0.3, 0.4) is 0 Å². The maximum Gasteiger partial charge on any atom is 0.226 e. The van der Waals surface area contributed by atoms with Gasteiger partial charge in [0.15, 0.2) is 0 Å². The van der Waals surface area contributed by atoms with E-state index in [4.69, 9.17) is 4.42 Å². The number of hydrogen-bond acceptors (Lipinski definition) is 3. The Labute approximate surface area is 99.7 Å². The topological polar surface area (TPSA) is 38.1 Å². The molecule has 0 saturated heterocycles. The Hall–Kier alpha value is -1.68. The third-order valence-corrected chi connectivity index (χ3v) is 2.36. The van der Waals surface area contributed by atoms with Crippen molar-refractivity contribution in [1.82, 2.24) is 10.3 Å². The highest BCUT2D eigenvalue weighted by molar-refractivity contribution is 5.52. The lowest BCUT2D eigenvalue weighted by Crippen LogP contribution is -2.13. The van der Waals surface area contributed by atoms with Crippen LogP contribution in [0.2, 0.25) is 0 Å². The Kier molecular flexibility index (Phi) is 3.88. The van der Waals surface area contributed by atoms with Crippen molar-refractivity contribution in [3.05, 3.63) is 42.0 Å². The molecule has 1 heterocycles. The number of halogens is 1. The molecule has 0 aliphatic carbocycles. The zero-order valence-corrected chi connectivity index (χ0v) is 9.74. The highest BCUT2D eigenvalue weighted by Crippen LogP contribution is 2.19. The fourth-order valence-electron chi connectivity index (χ4n) is 1.54. The van der Waals surface area contributed by atoms with E-state index in [2.05, 4.69) is 17.2 Å². The molecule has 0 unspecified atom stereocenters. The first-order chi connectivity index (χ1) is 8.29. The predicted molar refractivity (Wildman–Crippen MR) is 63.9 cm³/mol. The van der Waals surface area contributed by atoms with Gasteiger partial charge in [0, 0.05) is 12.1 Å². The second-order valence-electron chi connectivity index (χ2n) is 3.83. The third-order valence-electron chi connectivity index (χ3n) is 2.36. The van der Waals surface area contributed by atoms with Crippen LogP contribution >= 0.6 is 0 Å². The van der Waals surface area contributed by atoms with Gasteiger partial charge in [0.1, 0.15) is 12.1 Å². The van der Waals surface area contributed by atoms with E-state index in [0.29, 0.717) is 18.0 Å². The van der Waals surface area contributed by atoms with Gasteiger partial charge in [-0.05, 0) is 31.2 Å². The van der Waals surface area contributed by atoms with E-state index in [0.717, 1.165) is 18.7 Å². The molecule has 0 amide bonds. The van der Waals surface area contributed by atoms with Crippen molar-refractivity contribution in [2.45, 2.75) is 19.9 Å². The van der Waals surface area contributed by atoms with Gasteiger partial charge in [0.2, 0.25) is 5.89 Å². The molecular weight excluding hydrogens is 219 g/mol. The van der Waals surface area contributed by atoms with E-state index in [1.54, 1.807) is 18.4 Å². The summed E-state index contributed by atoms with van der Waals surface area (Å²) in [5.41, 5.74) is 1.49. The SMILES string of the molecule is CCCNCc1coc(-c2cccc(F)c2)n1. The molecule has 0 saturated carbocycles. The van der Waals surface area contributed by atoms with Gasteiger partial charge in [-0.3, -0.25) is 0 Å². The molecule has 2 rings (SSSR count). The monoisotopic (exact) mass is 234 g/mol. The zero-order chi connectivity index (χ0) is 12.1. The summed E-state index contributed by atoms with van der Waals surface area (Å²) < 4.78 is 18.3. The van der Waals surface area contributed by atoms with Gasteiger partial charge in [0.25, 0.3) is 0 Å². The quantitative estimate of drug-likeness (QED) is 0.808.